The third-order valence-corrected chi connectivity index (χ3v) is 4.51. The van der Waals surface area contributed by atoms with E-state index in [1.807, 2.05) is 19.0 Å². The van der Waals surface area contributed by atoms with E-state index < -0.39 is 0 Å². The number of fused-ring (bicyclic) bond motifs is 1. The number of aromatic amines is 1. The van der Waals surface area contributed by atoms with E-state index in [-0.39, 0.29) is 11.7 Å². The van der Waals surface area contributed by atoms with Crippen molar-refractivity contribution in [3.8, 4) is 0 Å². The molecule has 0 spiro atoms. The van der Waals surface area contributed by atoms with E-state index in [1.165, 1.54) is 0 Å². The van der Waals surface area contributed by atoms with E-state index in [9.17, 15) is 4.79 Å². The average molecular weight is 322 g/mol. The summed E-state index contributed by atoms with van der Waals surface area (Å²) in [5, 5.41) is 0. The standard InChI is InChI=1S/C16H26N4O3/c1-19(2)16-17-14-5-8-20(7-4-13(14)15(21)18-16)6-3-12-11-22-9-10-23-12/h12H,3-11H2,1-2H3,(H,17,18,21). The zero-order valence-corrected chi connectivity index (χ0v) is 14.0. The summed E-state index contributed by atoms with van der Waals surface area (Å²) in [7, 11) is 3.78. The minimum Gasteiger partial charge on any atom is -0.376 e. The van der Waals surface area contributed by atoms with Crippen LogP contribution in [-0.4, -0.2) is 74.5 Å². The molecule has 0 radical (unpaired) electrons. The Labute approximate surface area is 136 Å². The molecule has 0 bridgehead atoms. The van der Waals surface area contributed by atoms with Crippen LogP contribution in [0.5, 0.6) is 0 Å². The van der Waals surface area contributed by atoms with Crippen molar-refractivity contribution in [1.82, 2.24) is 14.9 Å². The van der Waals surface area contributed by atoms with Crippen molar-refractivity contribution in [1.29, 1.82) is 0 Å². The van der Waals surface area contributed by atoms with Gasteiger partial charge < -0.3 is 19.3 Å². The monoisotopic (exact) mass is 322 g/mol. The number of anilines is 1. The zero-order chi connectivity index (χ0) is 16.2. The van der Waals surface area contributed by atoms with Crippen LogP contribution in [0.25, 0.3) is 0 Å². The van der Waals surface area contributed by atoms with Gasteiger partial charge in [0.1, 0.15) is 0 Å². The van der Waals surface area contributed by atoms with Crippen LogP contribution in [0.1, 0.15) is 17.7 Å². The van der Waals surface area contributed by atoms with Gasteiger partial charge in [-0.2, -0.15) is 0 Å². The van der Waals surface area contributed by atoms with Gasteiger partial charge in [0.25, 0.3) is 5.56 Å². The van der Waals surface area contributed by atoms with Crippen molar-refractivity contribution in [2.24, 2.45) is 0 Å². The molecule has 128 valence electrons. The zero-order valence-electron chi connectivity index (χ0n) is 14.0. The Morgan fingerprint density at radius 2 is 2.13 bits per heavy atom. The normalized spacial score (nSPS) is 22.4. The highest BCUT2D eigenvalue weighted by molar-refractivity contribution is 5.32. The van der Waals surface area contributed by atoms with Crippen molar-refractivity contribution in [2.75, 3.05) is 58.5 Å². The summed E-state index contributed by atoms with van der Waals surface area (Å²) < 4.78 is 11.1. The fourth-order valence-corrected chi connectivity index (χ4v) is 3.11. The average Bonchev–Trinajstić information content (AvgIpc) is 2.76. The Hall–Kier alpha value is -1.44. The minimum atomic E-state index is 0.00423. The maximum Gasteiger partial charge on any atom is 0.255 e. The number of hydrogen-bond donors (Lipinski definition) is 1. The summed E-state index contributed by atoms with van der Waals surface area (Å²) in [4.78, 5) is 24.0. The van der Waals surface area contributed by atoms with Gasteiger partial charge in [-0.25, -0.2) is 4.98 Å². The first-order chi connectivity index (χ1) is 11.1. The Bertz CT molecular complexity index is 581. The highest BCUT2D eigenvalue weighted by Gasteiger charge is 2.21. The molecule has 3 rings (SSSR count). The van der Waals surface area contributed by atoms with Crippen LogP contribution in [0, 0.1) is 0 Å². The third kappa shape index (κ3) is 4.10. The largest absolute Gasteiger partial charge is 0.376 e. The summed E-state index contributed by atoms with van der Waals surface area (Å²) in [5.74, 6) is 0.634. The van der Waals surface area contributed by atoms with Gasteiger partial charge in [-0.15, -0.1) is 0 Å². The number of H-pyrrole nitrogens is 1. The quantitative estimate of drug-likeness (QED) is 0.844. The Morgan fingerprint density at radius 3 is 2.87 bits per heavy atom. The molecule has 23 heavy (non-hydrogen) atoms. The molecule has 2 aliphatic rings. The highest BCUT2D eigenvalue weighted by Crippen LogP contribution is 2.14. The Kier molecular flexibility index (Phi) is 5.30. The number of hydrogen-bond acceptors (Lipinski definition) is 6. The van der Waals surface area contributed by atoms with E-state index >= 15 is 0 Å². The van der Waals surface area contributed by atoms with Crippen molar-refractivity contribution in [3.63, 3.8) is 0 Å². The molecule has 1 aromatic heterocycles. The van der Waals surface area contributed by atoms with Gasteiger partial charge in [-0.1, -0.05) is 0 Å². The maximum absolute atomic E-state index is 12.3. The van der Waals surface area contributed by atoms with Crippen LogP contribution in [0.2, 0.25) is 0 Å². The smallest absolute Gasteiger partial charge is 0.255 e. The fraction of sp³-hybridized carbons (Fsp3) is 0.750. The lowest BCUT2D eigenvalue weighted by molar-refractivity contribution is -0.0926. The minimum absolute atomic E-state index is 0.00423. The van der Waals surface area contributed by atoms with E-state index in [0.717, 1.165) is 50.2 Å². The molecule has 2 aliphatic heterocycles. The van der Waals surface area contributed by atoms with Crippen molar-refractivity contribution < 1.29 is 9.47 Å². The van der Waals surface area contributed by atoms with Crippen LogP contribution >= 0.6 is 0 Å². The van der Waals surface area contributed by atoms with Gasteiger partial charge in [0.15, 0.2) is 0 Å². The van der Waals surface area contributed by atoms with Gasteiger partial charge >= 0.3 is 0 Å². The molecule has 3 heterocycles. The number of ether oxygens (including phenoxy) is 2. The number of nitrogens with one attached hydrogen (secondary N) is 1. The molecule has 1 aromatic rings. The van der Waals surface area contributed by atoms with Gasteiger partial charge in [-0.3, -0.25) is 9.78 Å². The maximum atomic E-state index is 12.3. The van der Waals surface area contributed by atoms with Gasteiger partial charge in [0, 0.05) is 45.7 Å². The summed E-state index contributed by atoms with van der Waals surface area (Å²) >= 11 is 0. The molecule has 1 fully saturated rings. The molecule has 0 aromatic carbocycles. The van der Waals surface area contributed by atoms with Crippen molar-refractivity contribution in [3.05, 3.63) is 21.6 Å². The van der Waals surface area contributed by atoms with Crippen LogP contribution in [0.15, 0.2) is 4.79 Å². The molecular weight excluding hydrogens is 296 g/mol. The number of rotatable bonds is 4. The SMILES string of the molecule is CN(C)c1nc2c(c(=O)[nH]1)CCN(CCC1COCCO1)CC2. The number of aromatic nitrogens is 2. The first kappa shape index (κ1) is 16.4. The summed E-state index contributed by atoms with van der Waals surface area (Å²) in [6.07, 6.45) is 2.76. The highest BCUT2D eigenvalue weighted by atomic mass is 16.6. The summed E-state index contributed by atoms with van der Waals surface area (Å²) in [5.41, 5.74) is 1.79. The predicted molar refractivity (Wildman–Crippen MR) is 88.2 cm³/mol. The van der Waals surface area contributed by atoms with Crippen LogP contribution in [0.3, 0.4) is 0 Å². The molecule has 7 nitrogen and oxygen atoms in total. The lowest BCUT2D eigenvalue weighted by atomic mass is 10.1. The second kappa shape index (κ2) is 7.42. The van der Waals surface area contributed by atoms with Crippen LogP contribution in [0.4, 0.5) is 5.95 Å². The van der Waals surface area contributed by atoms with Gasteiger partial charge in [0.2, 0.25) is 5.95 Å². The lowest BCUT2D eigenvalue weighted by Gasteiger charge is -2.26. The third-order valence-electron chi connectivity index (χ3n) is 4.51. The molecule has 1 unspecified atom stereocenters. The van der Waals surface area contributed by atoms with Crippen molar-refractivity contribution in [2.45, 2.75) is 25.4 Å². The molecule has 0 saturated carbocycles. The Morgan fingerprint density at radius 1 is 1.30 bits per heavy atom. The molecule has 1 N–H and O–H groups in total. The van der Waals surface area contributed by atoms with Gasteiger partial charge in [-0.05, 0) is 12.8 Å². The van der Waals surface area contributed by atoms with Gasteiger partial charge in [0.05, 0.1) is 31.6 Å². The topological polar surface area (TPSA) is 70.7 Å². The molecule has 0 amide bonds. The molecule has 7 heteroatoms. The van der Waals surface area contributed by atoms with Crippen LogP contribution in [-0.2, 0) is 22.3 Å². The molecular formula is C16H26N4O3. The second-order valence-corrected chi connectivity index (χ2v) is 6.41. The van der Waals surface area contributed by atoms with E-state index in [1.54, 1.807) is 0 Å². The number of nitrogens with zero attached hydrogens (tertiary/aromatic N) is 3. The Balaban J connectivity index is 1.60. The molecule has 0 aliphatic carbocycles. The lowest BCUT2D eigenvalue weighted by Crippen LogP contribution is -2.34. The van der Waals surface area contributed by atoms with E-state index in [0.29, 0.717) is 25.8 Å². The van der Waals surface area contributed by atoms with E-state index in [4.69, 9.17) is 9.47 Å². The molecule has 1 saturated heterocycles. The first-order valence-electron chi connectivity index (χ1n) is 8.34. The predicted octanol–water partition coefficient (Wildman–Crippen LogP) is 0.0420. The fourth-order valence-electron chi connectivity index (χ4n) is 3.11. The molecule has 1 atom stereocenters. The second-order valence-electron chi connectivity index (χ2n) is 6.41. The van der Waals surface area contributed by atoms with Crippen molar-refractivity contribution >= 4 is 5.95 Å². The van der Waals surface area contributed by atoms with E-state index in [2.05, 4.69) is 14.9 Å². The summed E-state index contributed by atoms with van der Waals surface area (Å²) in [6.45, 7) is 4.90. The summed E-state index contributed by atoms with van der Waals surface area (Å²) in [6, 6.07) is 0. The van der Waals surface area contributed by atoms with Crippen LogP contribution < -0.4 is 10.5 Å². The first-order valence-corrected chi connectivity index (χ1v) is 8.34.